The number of aryl methyl sites for hydroxylation is 6. The number of hydrogen-bond donors (Lipinski definition) is 0. The van der Waals surface area contributed by atoms with Crippen molar-refractivity contribution in [3.8, 4) is 27.8 Å². The van der Waals surface area contributed by atoms with Crippen LogP contribution in [0.25, 0.3) is 39.2 Å². The zero-order valence-corrected chi connectivity index (χ0v) is 55.6. The number of rotatable bonds is 15. The first kappa shape index (κ1) is 60.5. The fourth-order valence-electron chi connectivity index (χ4n) is 7.63. The molecule has 19 nitrogen and oxygen atoms in total. The standard InChI is InChI=1S/C17H18N4OS.C12H15N5O.C11H16N4S.C9H10FN3OS.3Al.In.4H/c1-4-15-14(13-8-6-5-7-9-13)10-21(20-15)16-17(18-11(2)22)23-12(3)19-16;1-5-6-8-9(13-4)7-17(15-8)11-10(18)12(2,3)16-14-11;1-4-5-8-6-7-15(13-8)10-9(16)11(2,3)14-12-10;1-5-4-13(12-7(5)3-10)8-9(14)15-6(2)11-8;;;;;;;;/h5-10H,4H2,1-3H3,(H,18,22);7,18H,5-6H2,1-3H3;6-7,16H,4-5H2,1-3H3;4,14H,3H2,1-2H3;;;;;;;;/q;;;;4*+1;;;;/p-4. The molecule has 0 unspecified atom stereocenters. The Morgan fingerprint density at radius 1 is 0.803 bits per heavy atom. The van der Waals surface area contributed by atoms with E-state index in [4.69, 9.17) is 19.2 Å². The third-order valence-electron chi connectivity index (χ3n) is 11.5. The molecule has 0 fully saturated rings. The van der Waals surface area contributed by atoms with Crippen molar-refractivity contribution in [1.82, 2.24) is 49.1 Å². The Labute approximate surface area is 493 Å². The van der Waals surface area contributed by atoms with Gasteiger partial charge >= 0.3 is 169 Å². The van der Waals surface area contributed by atoms with Crippen LogP contribution in [-0.2, 0) is 34.5 Å². The average molecular weight is 1230 g/mol. The first-order chi connectivity index (χ1) is 36.3. The molecule has 0 bridgehead atoms. The number of thiazole rings is 2. The maximum Gasteiger partial charge on any atom is 0.495 e. The molecule has 8 heterocycles. The van der Waals surface area contributed by atoms with Crippen molar-refractivity contribution in [2.45, 2.75) is 126 Å². The number of anilines is 1. The van der Waals surface area contributed by atoms with Crippen LogP contribution in [0.5, 0.6) is 5.06 Å². The first-order valence-electron chi connectivity index (χ1n) is 24.2. The quantitative estimate of drug-likeness (QED) is 0.0706. The fraction of sp³-hybridized carbons (Fsp3) is 0.388. The molecule has 9 rings (SSSR count). The van der Waals surface area contributed by atoms with E-state index in [1.807, 2.05) is 78.5 Å². The largest absolute Gasteiger partial charge is 0.649 e. The van der Waals surface area contributed by atoms with Gasteiger partial charge in [0.05, 0.1) is 33.7 Å². The van der Waals surface area contributed by atoms with Gasteiger partial charge in [-0.05, 0) is 58.6 Å². The second-order valence-corrected chi connectivity index (χ2v) is 24.9. The molecule has 4 radical (unpaired) electrons. The Hall–Kier alpha value is -4.69. The molecule has 390 valence electrons. The van der Waals surface area contributed by atoms with Crippen molar-refractivity contribution >= 4 is 132 Å². The van der Waals surface area contributed by atoms with Crippen LogP contribution < -0.4 is 7.67 Å². The summed E-state index contributed by atoms with van der Waals surface area (Å²) in [5.41, 5.74) is 6.34. The molecule has 0 atom stereocenters. The smallest absolute Gasteiger partial charge is 0.495 e. The molecule has 76 heavy (non-hydrogen) atoms. The Morgan fingerprint density at radius 3 is 2.04 bits per heavy atom. The predicted octanol–water partition coefficient (Wildman–Crippen LogP) is 9.99. The number of aromatic nitrogens is 10. The molecule has 0 saturated heterocycles. The van der Waals surface area contributed by atoms with Crippen molar-refractivity contribution < 1.29 is 16.8 Å². The van der Waals surface area contributed by atoms with E-state index in [1.165, 1.54) is 77.3 Å². The maximum atomic E-state index is 12.6. The zero-order chi connectivity index (χ0) is 55.5. The molecule has 0 saturated carbocycles. The van der Waals surface area contributed by atoms with Gasteiger partial charge in [0, 0.05) is 31.1 Å². The molecule has 27 heteroatoms. The summed E-state index contributed by atoms with van der Waals surface area (Å²) in [4.78, 5) is 25.4. The number of carbonyl (C=O) groups is 1. The molecule has 0 aliphatic carbocycles. The predicted molar refractivity (Wildman–Crippen MR) is 306 cm³/mol. The van der Waals surface area contributed by atoms with Gasteiger partial charge in [-0.1, -0.05) is 61.9 Å². The number of hydrogen-bond acceptors (Lipinski definition) is 16. The van der Waals surface area contributed by atoms with Gasteiger partial charge < -0.3 is 11.5 Å². The van der Waals surface area contributed by atoms with E-state index in [-0.39, 0.29) is 11.4 Å². The van der Waals surface area contributed by atoms with Crippen molar-refractivity contribution in [2.75, 3.05) is 3.88 Å². The van der Waals surface area contributed by atoms with E-state index < -0.39 is 12.2 Å². The molecule has 7 aromatic rings. The van der Waals surface area contributed by atoms with E-state index in [0.717, 1.165) is 110 Å². The summed E-state index contributed by atoms with van der Waals surface area (Å²) >= 11 is 8.09. The van der Waals surface area contributed by atoms with E-state index in [2.05, 4.69) is 103 Å². The Bertz CT molecular complexity index is 3310. The molecule has 0 N–H and O–H groups in total. The fourth-order valence-corrected chi connectivity index (χ4v) is 15.1. The van der Waals surface area contributed by atoms with Gasteiger partial charge in [-0.25, -0.2) is 33.2 Å². The third-order valence-corrected chi connectivity index (χ3v) is 18.5. The minimum Gasteiger partial charge on any atom is -0.649 e. The van der Waals surface area contributed by atoms with E-state index in [9.17, 15) is 9.18 Å². The van der Waals surface area contributed by atoms with E-state index >= 15 is 0 Å². The van der Waals surface area contributed by atoms with Crippen molar-refractivity contribution in [2.24, 2.45) is 20.5 Å². The van der Waals surface area contributed by atoms with Crippen molar-refractivity contribution in [3.63, 3.8) is 0 Å². The molecular formula is C49H59Al3FInN16O3S3. The molecule has 0 spiro atoms. The van der Waals surface area contributed by atoms with Crippen LogP contribution >= 0.6 is 31.3 Å². The summed E-state index contributed by atoms with van der Waals surface area (Å²) in [5, 5.41) is 38.1. The third kappa shape index (κ3) is 14.3. The van der Waals surface area contributed by atoms with E-state index in [0.29, 0.717) is 39.7 Å². The number of azo groups is 2. The number of alkyl halides is 1. The van der Waals surface area contributed by atoms with Crippen LogP contribution in [0.1, 0.15) is 107 Å². The van der Waals surface area contributed by atoms with Crippen molar-refractivity contribution in [1.29, 1.82) is 0 Å². The van der Waals surface area contributed by atoms with Crippen LogP contribution in [0.2, 0.25) is 0 Å². The van der Waals surface area contributed by atoms with Gasteiger partial charge in [-0.15, -0.1) is 16.5 Å². The number of halogens is 1. The Morgan fingerprint density at radius 2 is 1.43 bits per heavy atom. The van der Waals surface area contributed by atoms with Crippen LogP contribution in [-0.4, -0.2) is 139 Å². The second kappa shape index (κ2) is 27.3. The van der Waals surface area contributed by atoms with Gasteiger partial charge in [0.25, 0.3) is 0 Å². The zero-order valence-electron chi connectivity index (χ0n) is 44.8. The Balaban J connectivity index is 0.000000167. The molecule has 2 aliphatic rings. The van der Waals surface area contributed by atoms with Gasteiger partial charge in [0.15, 0.2) is 16.8 Å². The van der Waals surface area contributed by atoms with Crippen LogP contribution in [0.15, 0.2) is 92.3 Å². The summed E-state index contributed by atoms with van der Waals surface area (Å²) < 4.78 is 31.7. The summed E-state index contributed by atoms with van der Waals surface area (Å²) in [5.74, 6) is 3.47. The van der Waals surface area contributed by atoms with Gasteiger partial charge in [0.2, 0.25) is 17.3 Å². The molecule has 1 amide bonds. The molecule has 1 aromatic carbocycles. The Kier molecular flexibility index (Phi) is 21.7. The topological polar surface area (TPSA) is 190 Å². The van der Waals surface area contributed by atoms with Crippen LogP contribution in [0.4, 0.5) is 15.1 Å². The summed E-state index contributed by atoms with van der Waals surface area (Å²) in [7, 11) is 1.87. The molecule has 2 aliphatic heterocycles. The summed E-state index contributed by atoms with van der Waals surface area (Å²) in [6.07, 6.45) is 12.1. The summed E-state index contributed by atoms with van der Waals surface area (Å²) in [6, 6.07) is 12.3. The molecule has 6 aromatic heterocycles. The number of benzene rings is 1. The number of carbonyl (C=O) groups excluding carboxylic acids is 1. The monoisotopic (exact) mass is 1230 g/mol. The number of nitrogens with zero attached hydrogens (tertiary/aromatic N) is 16. The number of amides is 1. The maximum absolute atomic E-state index is 12.6. The first-order valence-corrected chi connectivity index (χ1v) is 33.6. The minimum absolute atomic E-state index is 0.00983. The average Bonchev–Trinajstić information content (AvgIpc) is 4.29. The van der Waals surface area contributed by atoms with E-state index in [1.54, 1.807) is 37.2 Å². The SMILES string of the molecule is CCCc1ccn(C2=C([S][InH])C(C)(C)N=N2)n1.CCc1nn(-c2nc(C)sc2[N]([AlH])C(C)=O)cc1-c1ccccc1.Cc1nc(-n2cc(C)c(CF)n2)c([O][AlH])s1.[C-]#[N+]c1cn(C2=C([O][AlH])C(C)(C)N=N2)nc1CCC. The van der Waals surface area contributed by atoms with Gasteiger partial charge in [-0.3, -0.25) is 4.79 Å². The normalized spacial score (nSPS) is 13.9. The van der Waals surface area contributed by atoms with Crippen molar-refractivity contribution in [3.05, 3.63) is 122 Å². The van der Waals surface area contributed by atoms with Gasteiger partial charge in [0.1, 0.15) is 23.0 Å². The minimum atomic E-state index is -0.563. The van der Waals surface area contributed by atoms with Crippen LogP contribution in [0.3, 0.4) is 0 Å². The van der Waals surface area contributed by atoms with Crippen LogP contribution in [0, 0.1) is 27.3 Å². The molecular weight excluding hydrogens is 1170 g/mol. The summed E-state index contributed by atoms with van der Waals surface area (Å²) in [6.45, 7) is 28.2. The second-order valence-electron chi connectivity index (χ2n) is 18.2. The van der Waals surface area contributed by atoms with Gasteiger partial charge in [-0.2, -0.15) is 20.4 Å².